The number of anilines is 1. The molecule has 0 unspecified atom stereocenters. The van der Waals surface area contributed by atoms with E-state index in [1.165, 1.54) is 37.1 Å². The number of nitrogens with zero attached hydrogens (tertiary/aromatic N) is 1. The Bertz CT molecular complexity index is 1050. The normalized spacial score (nSPS) is 15.3. The Labute approximate surface area is 162 Å². The first-order chi connectivity index (χ1) is 13.3. The number of benzene rings is 2. The first-order valence-electron chi connectivity index (χ1n) is 8.59. The monoisotopic (exact) mass is 377 g/mol. The highest BCUT2D eigenvalue weighted by atomic mass is 16.5. The average Bonchev–Trinajstić information content (AvgIpc) is 2.91. The zero-order valence-corrected chi connectivity index (χ0v) is 15.7. The van der Waals surface area contributed by atoms with Crippen LogP contribution in [0.15, 0.2) is 65.4 Å². The molecule has 28 heavy (non-hydrogen) atoms. The summed E-state index contributed by atoms with van der Waals surface area (Å²) in [4.78, 5) is 38.7. The van der Waals surface area contributed by atoms with Gasteiger partial charge in [0, 0.05) is 16.9 Å². The lowest BCUT2D eigenvalue weighted by molar-refractivity contribution is -0.136. The van der Waals surface area contributed by atoms with Gasteiger partial charge < -0.3 is 9.84 Å². The maximum atomic E-state index is 13.2. The molecule has 2 aromatic rings. The second-order valence-corrected chi connectivity index (χ2v) is 6.35. The number of Topliss-reactive ketones (excluding diaryl/α,β-unsaturated/α-hetero) is 1. The third-order valence-corrected chi connectivity index (χ3v) is 4.48. The molecule has 0 radical (unpaired) electrons. The van der Waals surface area contributed by atoms with E-state index in [4.69, 9.17) is 4.74 Å². The highest BCUT2D eigenvalue weighted by Gasteiger charge is 2.38. The summed E-state index contributed by atoms with van der Waals surface area (Å²) < 4.78 is 4.87. The van der Waals surface area contributed by atoms with E-state index in [-0.39, 0.29) is 22.7 Å². The number of methoxy groups -OCH3 is 1. The van der Waals surface area contributed by atoms with E-state index in [1.807, 2.05) is 0 Å². The molecule has 0 saturated heterocycles. The molecule has 1 heterocycles. The minimum Gasteiger partial charge on any atom is -0.508 e. The van der Waals surface area contributed by atoms with E-state index in [1.54, 1.807) is 43.3 Å². The van der Waals surface area contributed by atoms with Crippen LogP contribution >= 0.6 is 0 Å². The van der Waals surface area contributed by atoms with E-state index in [9.17, 15) is 19.5 Å². The molecule has 2 aromatic carbocycles. The first-order valence-corrected chi connectivity index (χ1v) is 8.59. The Morgan fingerprint density at radius 2 is 1.82 bits per heavy atom. The molecule has 3 rings (SSSR count). The van der Waals surface area contributed by atoms with Gasteiger partial charge in [-0.05, 0) is 49.8 Å². The SMILES string of the molecule is COC(=O)C1=C(C)N(c2cccc(C(C)=O)c2)C(=O)/C1=C\c1cccc(O)c1. The Kier molecular flexibility index (Phi) is 5.13. The molecule has 0 bridgehead atoms. The zero-order valence-electron chi connectivity index (χ0n) is 15.7. The fourth-order valence-corrected chi connectivity index (χ4v) is 3.14. The van der Waals surface area contributed by atoms with Gasteiger partial charge in [0.2, 0.25) is 0 Å². The summed E-state index contributed by atoms with van der Waals surface area (Å²) >= 11 is 0. The van der Waals surface area contributed by atoms with Crippen molar-refractivity contribution in [1.29, 1.82) is 0 Å². The van der Waals surface area contributed by atoms with Crippen molar-refractivity contribution >= 4 is 29.4 Å². The van der Waals surface area contributed by atoms with Crippen molar-refractivity contribution in [2.24, 2.45) is 0 Å². The van der Waals surface area contributed by atoms with Crippen molar-refractivity contribution in [3.05, 3.63) is 76.5 Å². The minimum atomic E-state index is -0.637. The number of hydrogen-bond acceptors (Lipinski definition) is 5. The van der Waals surface area contributed by atoms with Gasteiger partial charge in [0.05, 0.1) is 18.3 Å². The average molecular weight is 377 g/mol. The number of ether oxygens (including phenoxy) is 1. The van der Waals surface area contributed by atoms with Gasteiger partial charge in [-0.25, -0.2) is 4.79 Å². The van der Waals surface area contributed by atoms with Crippen LogP contribution in [-0.2, 0) is 14.3 Å². The molecule has 0 atom stereocenters. The molecule has 1 aliphatic rings. The van der Waals surface area contributed by atoms with Gasteiger partial charge in [-0.2, -0.15) is 0 Å². The van der Waals surface area contributed by atoms with Crippen molar-refractivity contribution in [3.63, 3.8) is 0 Å². The van der Waals surface area contributed by atoms with Crippen LogP contribution in [0.2, 0.25) is 0 Å². The number of amides is 1. The van der Waals surface area contributed by atoms with Crippen molar-refractivity contribution < 1.29 is 24.2 Å². The fraction of sp³-hybridized carbons (Fsp3) is 0.136. The van der Waals surface area contributed by atoms with Crippen molar-refractivity contribution in [3.8, 4) is 5.75 Å². The summed E-state index contributed by atoms with van der Waals surface area (Å²) in [6.45, 7) is 3.09. The fourth-order valence-electron chi connectivity index (χ4n) is 3.14. The number of phenolic OH excluding ortho intramolecular Hbond substituents is 1. The van der Waals surface area contributed by atoms with Crippen molar-refractivity contribution in [2.45, 2.75) is 13.8 Å². The van der Waals surface area contributed by atoms with E-state index >= 15 is 0 Å². The number of phenols is 1. The minimum absolute atomic E-state index is 0.0473. The molecule has 0 aromatic heterocycles. The lowest BCUT2D eigenvalue weighted by atomic mass is 10.0. The van der Waals surface area contributed by atoms with Gasteiger partial charge in [-0.15, -0.1) is 0 Å². The van der Waals surface area contributed by atoms with Gasteiger partial charge in [-0.3, -0.25) is 14.5 Å². The van der Waals surface area contributed by atoms with Crippen LogP contribution in [0.3, 0.4) is 0 Å². The number of allylic oxidation sites excluding steroid dienone is 1. The summed E-state index contributed by atoms with van der Waals surface area (Å²) in [6, 6.07) is 13.0. The van der Waals surface area contributed by atoms with E-state index in [2.05, 4.69) is 0 Å². The summed E-state index contributed by atoms with van der Waals surface area (Å²) in [5, 5.41) is 9.68. The topological polar surface area (TPSA) is 83.9 Å². The lowest BCUT2D eigenvalue weighted by Gasteiger charge is -2.18. The van der Waals surface area contributed by atoms with Crippen molar-refractivity contribution in [2.75, 3.05) is 12.0 Å². The van der Waals surface area contributed by atoms with Crippen molar-refractivity contribution in [1.82, 2.24) is 0 Å². The zero-order chi connectivity index (χ0) is 20.4. The second kappa shape index (κ2) is 7.52. The van der Waals surface area contributed by atoms with Crippen LogP contribution in [-0.4, -0.2) is 29.9 Å². The number of carbonyl (C=O) groups is 3. The molecule has 0 fully saturated rings. The van der Waals surface area contributed by atoms with Gasteiger partial charge in [0.25, 0.3) is 5.91 Å². The number of rotatable bonds is 4. The molecule has 1 amide bonds. The summed E-state index contributed by atoms with van der Waals surface area (Å²) in [5.74, 6) is -1.13. The molecule has 6 heteroatoms. The Morgan fingerprint density at radius 3 is 2.46 bits per heavy atom. The van der Waals surface area contributed by atoms with E-state index in [0.717, 1.165) is 0 Å². The van der Waals surface area contributed by atoms with Crippen LogP contribution in [0.1, 0.15) is 29.8 Å². The Balaban J connectivity index is 2.15. The Hall–Kier alpha value is -3.67. The van der Waals surface area contributed by atoms with Gasteiger partial charge in [0.15, 0.2) is 5.78 Å². The second-order valence-electron chi connectivity index (χ2n) is 6.35. The van der Waals surface area contributed by atoms with E-state index in [0.29, 0.717) is 22.5 Å². The highest BCUT2D eigenvalue weighted by Crippen LogP contribution is 2.36. The van der Waals surface area contributed by atoms with E-state index < -0.39 is 11.9 Å². The predicted molar refractivity (Wildman–Crippen MR) is 105 cm³/mol. The molecule has 142 valence electrons. The number of aromatic hydroxyl groups is 1. The van der Waals surface area contributed by atoms with Crippen LogP contribution in [0.4, 0.5) is 5.69 Å². The first kappa shape index (κ1) is 19.1. The molecule has 0 spiro atoms. The van der Waals surface area contributed by atoms with Crippen LogP contribution in [0.25, 0.3) is 6.08 Å². The number of hydrogen-bond donors (Lipinski definition) is 1. The number of ketones is 1. The largest absolute Gasteiger partial charge is 0.508 e. The number of carbonyl (C=O) groups excluding carboxylic acids is 3. The predicted octanol–water partition coefficient (Wildman–Crippen LogP) is 3.47. The third kappa shape index (κ3) is 3.44. The molecular formula is C22H19NO5. The van der Waals surface area contributed by atoms with Gasteiger partial charge >= 0.3 is 5.97 Å². The summed E-state index contributed by atoms with van der Waals surface area (Å²) in [6.07, 6.45) is 1.53. The van der Waals surface area contributed by atoms with Gasteiger partial charge in [0.1, 0.15) is 5.75 Å². The molecule has 6 nitrogen and oxygen atoms in total. The number of esters is 1. The standard InChI is InChI=1S/C22H19NO5/c1-13-20(22(27)28-3)19(11-15-6-4-9-18(25)10-15)21(26)23(13)17-8-5-7-16(12-17)14(2)24/h4-12,25H,1-3H3/b19-11-. The highest BCUT2D eigenvalue weighted by molar-refractivity contribution is 6.24. The van der Waals surface area contributed by atoms with Crippen LogP contribution < -0.4 is 4.90 Å². The van der Waals surface area contributed by atoms with Gasteiger partial charge in [-0.1, -0.05) is 24.3 Å². The van der Waals surface area contributed by atoms with Crippen LogP contribution in [0, 0.1) is 0 Å². The smallest absolute Gasteiger partial charge is 0.340 e. The van der Waals surface area contributed by atoms with Crippen LogP contribution in [0.5, 0.6) is 5.75 Å². The lowest BCUT2D eigenvalue weighted by Crippen LogP contribution is -2.24. The quantitative estimate of drug-likeness (QED) is 0.501. The Morgan fingerprint density at radius 1 is 1.11 bits per heavy atom. The molecule has 1 aliphatic heterocycles. The maximum Gasteiger partial charge on any atom is 0.340 e. The molecule has 1 N–H and O–H groups in total. The third-order valence-electron chi connectivity index (χ3n) is 4.48. The molecule has 0 saturated carbocycles. The molecule has 0 aliphatic carbocycles. The summed E-state index contributed by atoms with van der Waals surface area (Å²) in [7, 11) is 1.25. The maximum absolute atomic E-state index is 13.2. The molecular weight excluding hydrogens is 358 g/mol. The summed E-state index contributed by atoms with van der Waals surface area (Å²) in [5.41, 5.74) is 2.21.